The summed E-state index contributed by atoms with van der Waals surface area (Å²) in [6.07, 6.45) is 5.96. The van der Waals surface area contributed by atoms with Gasteiger partial charge in [-0.05, 0) is 51.2 Å². The first kappa shape index (κ1) is 14.9. The minimum atomic E-state index is -3.48. The molecule has 2 fully saturated rings. The van der Waals surface area contributed by atoms with Crippen LogP contribution in [0.4, 0.5) is 0 Å². The van der Waals surface area contributed by atoms with E-state index in [1.807, 2.05) is 19.9 Å². The number of aromatic nitrogens is 1. The van der Waals surface area contributed by atoms with E-state index in [-0.39, 0.29) is 10.6 Å². The van der Waals surface area contributed by atoms with Crippen LogP contribution in [-0.2, 0) is 16.6 Å². The van der Waals surface area contributed by atoms with Gasteiger partial charge in [-0.25, -0.2) is 13.4 Å². The third-order valence-corrected chi connectivity index (χ3v) is 6.38. The van der Waals surface area contributed by atoms with Gasteiger partial charge in [0.05, 0.1) is 0 Å². The van der Waals surface area contributed by atoms with Crippen LogP contribution in [0.25, 0.3) is 0 Å². The Bertz CT molecular complexity index is 606. The first-order chi connectivity index (χ1) is 9.89. The zero-order chi connectivity index (χ0) is 15.1. The highest BCUT2D eigenvalue weighted by Crippen LogP contribution is 2.33. The molecule has 0 spiro atoms. The molecule has 2 heterocycles. The van der Waals surface area contributed by atoms with Crippen LogP contribution >= 0.6 is 0 Å². The molecule has 116 valence electrons. The van der Waals surface area contributed by atoms with Gasteiger partial charge in [0.2, 0.25) is 0 Å². The molecule has 0 aromatic carbocycles. The molecular weight excluding hydrogens is 286 g/mol. The molecule has 1 saturated heterocycles. The Kier molecular flexibility index (Phi) is 3.80. The van der Waals surface area contributed by atoms with Gasteiger partial charge in [0.15, 0.2) is 5.03 Å². The molecule has 6 heteroatoms. The average Bonchev–Trinajstić information content (AvgIpc) is 3.19. The first-order valence-electron chi connectivity index (χ1n) is 7.61. The van der Waals surface area contributed by atoms with Crippen molar-refractivity contribution in [3.63, 3.8) is 0 Å². The molecule has 1 aromatic heterocycles. The third kappa shape index (κ3) is 3.12. The fourth-order valence-electron chi connectivity index (χ4n) is 2.86. The van der Waals surface area contributed by atoms with E-state index in [0.717, 1.165) is 24.9 Å². The Morgan fingerprint density at radius 2 is 2.14 bits per heavy atom. The minimum absolute atomic E-state index is 0.160. The zero-order valence-electron chi connectivity index (χ0n) is 12.7. The highest BCUT2D eigenvalue weighted by Gasteiger charge is 2.41. The Hall–Kier alpha value is -0.980. The van der Waals surface area contributed by atoms with Gasteiger partial charge in [0.25, 0.3) is 10.0 Å². The summed E-state index contributed by atoms with van der Waals surface area (Å²) >= 11 is 0. The molecule has 2 aliphatic rings. The Balaban J connectivity index is 1.75. The lowest BCUT2D eigenvalue weighted by Gasteiger charge is -2.30. The summed E-state index contributed by atoms with van der Waals surface area (Å²) in [7, 11) is -3.48. The summed E-state index contributed by atoms with van der Waals surface area (Å²) in [5.41, 5.74) is 0.716. The number of nitrogens with zero attached hydrogens (tertiary/aromatic N) is 2. The van der Waals surface area contributed by atoms with Crippen molar-refractivity contribution in [1.29, 1.82) is 0 Å². The van der Waals surface area contributed by atoms with Crippen LogP contribution in [0.2, 0.25) is 0 Å². The second kappa shape index (κ2) is 5.34. The topological polar surface area (TPSA) is 62.3 Å². The predicted octanol–water partition coefficient (Wildman–Crippen LogP) is 1.90. The van der Waals surface area contributed by atoms with Gasteiger partial charge in [-0.2, -0.15) is 4.31 Å². The number of rotatable bonds is 5. The van der Waals surface area contributed by atoms with Crippen molar-refractivity contribution in [2.45, 2.75) is 62.7 Å². The first-order valence-corrected chi connectivity index (χ1v) is 9.05. The predicted molar refractivity (Wildman–Crippen MR) is 81.3 cm³/mol. The van der Waals surface area contributed by atoms with E-state index in [0.29, 0.717) is 12.6 Å². The summed E-state index contributed by atoms with van der Waals surface area (Å²) in [5.74, 6) is 0. The molecular formula is C15H23N3O2S. The minimum Gasteiger partial charge on any atom is -0.310 e. The Labute approximate surface area is 126 Å². The molecule has 1 aromatic rings. The van der Waals surface area contributed by atoms with Crippen molar-refractivity contribution in [2.24, 2.45) is 0 Å². The van der Waals surface area contributed by atoms with E-state index >= 15 is 0 Å². The number of sulfonamides is 1. The molecule has 1 aliphatic carbocycles. The molecule has 21 heavy (non-hydrogen) atoms. The standard InChI is InChI=1S/C15H23N3O2S/c1-15(2)8-3-9-18(15)21(19,20)14-7-4-12(11-17-14)10-16-13-5-6-13/h4,7,11,13,16H,3,5-6,8-10H2,1-2H3. The van der Waals surface area contributed by atoms with E-state index in [9.17, 15) is 8.42 Å². The van der Waals surface area contributed by atoms with Crippen LogP contribution in [0.5, 0.6) is 0 Å². The monoisotopic (exact) mass is 309 g/mol. The molecule has 1 saturated carbocycles. The van der Waals surface area contributed by atoms with E-state index < -0.39 is 10.0 Å². The molecule has 0 atom stereocenters. The van der Waals surface area contributed by atoms with E-state index in [1.165, 1.54) is 12.8 Å². The lowest BCUT2D eigenvalue weighted by molar-refractivity contribution is 0.291. The molecule has 0 unspecified atom stereocenters. The summed E-state index contributed by atoms with van der Waals surface area (Å²) < 4.78 is 27.0. The second-order valence-corrected chi connectivity index (χ2v) is 8.46. The van der Waals surface area contributed by atoms with Crippen LogP contribution in [-0.4, -0.2) is 35.8 Å². The van der Waals surface area contributed by atoms with Crippen LogP contribution in [0.3, 0.4) is 0 Å². The molecule has 1 N–H and O–H groups in total. The lowest BCUT2D eigenvalue weighted by Crippen LogP contribution is -2.42. The normalized spacial score (nSPS) is 22.6. The Morgan fingerprint density at radius 3 is 2.67 bits per heavy atom. The smallest absolute Gasteiger partial charge is 0.261 e. The summed E-state index contributed by atoms with van der Waals surface area (Å²) in [5, 5.41) is 3.56. The SMILES string of the molecule is CC1(C)CCCN1S(=O)(=O)c1ccc(CNC2CC2)cn1. The van der Waals surface area contributed by atoms with Gasteiger partial charge >= 0.3 is 0 Å². The highest BCUT2D eigenvalue weighted by molar-refractivity contribution is 7.89. The number of pyridine rings is 1. The van der Waals surface area contributed by atoms with Gasteiger partial charge in [0, 0.05) is 30.9 Å². The van der Waals surface area contributed by atoms with Crippen molar-refractivity contribution in [3.8, 4) is 0 Å². The maximum atomic E-state index is 12.7. The average molecular weight is 309 g/mol. The lowest BCUT2D eigenvalue weighted by atomic mass is 10.0. The summed E-state index contributed by atoms with van der Waals surface area (Å²) in [6.45, 7) is 5.30. The maximum absolute atomic E-state index is 12.7. The van der Waals surface area contributed by atoms with Crippen molar-refractivity contribution in [2.75, 3.05) is 6.54 Å². The molecule has 0 bridgehead atoms. The molecule has 3 rings (SSSR count). The second-order valence-electron chi connectivity index (χ2n) is 6.65. The van der Waals surface area contributed by atoms with E-state index in [4.69, 9.17) is 0 Å². The quantitative estimate of drug-likeness (QED) is 0.902. The van der Waals surface area contributed by atoms with Gasteiger partial charge in [-0.3, -0.25) is 0 Å². The van der Waals surface area contributed by atoms with Crippen molar-refractivity contribution < 1.29 is 8.42 Å². The largest absolute Gasteiger partial charge is 0.310 e. The third-order valence-electron chi connectivity index (χ3n) is 4.35. The maximum Gasteiger partial charge on any atom is 0.261 e. The fourth-order valence-corrected chi connectivity index (χ4v) is 4.62. The van der Waals surface area contributed by atoms with Crippen molar-refractivity contribution >= 4 is 10.0 Å². The number of nitrogens with one attached hydrogen (secondary N) is 1. The molecule has 0 amide bonds. The Morgan fingerprint density at radius 1 is 1.38 bits per heavy atom. The molecule has 5 nitrogen and oxygen atoms in total. The summed E-state index contributed by atoms with van der Waals surface area (Å²) in [6, 6.07) is 4.13. The molecule has 0 radical (unpaired) electrons. The van der Waals surface area contributed by atoms with Crippen LogP contribution < -0.4 is 5.32 Å². The van der Waals surface area contributed by atoms with Crippen molar-refractivity contribution in [1.82, 2.24) is 14.6 Å². The number of hydrogen-bond acceptors (Lipinski definition) is 4. The van der Waals surface area contributed by atoms with Gasteiger partial charge in [0.1, 0.15) is 0 Å². The van der Waals surface area contributed by atoms with Crippen molar-refractivity contribution in [3.05, 3.63) is 23.9 Å². The molecule has 1 aliphatic heterocycles. The van der Waals surface area contributed by atoms with Gasteiger partial charge < -0.3 is 5.32 Å². The van der Waals surface area contributed by atoms with Crippen LogP contribution in [0.1, 0.15) is 45.1 Å². The van der Waals surface area contributed by atoms with Gasteiger partial charge in [-0.1, -0.05) is 6.07 Å². The number of hydrogen-bond donors (Lipinski definition) is 1. The van der Waals surface area contributed by atoms with Crippen LogP contribution in [0.15, 0.2) is 23.4 Å². The zero-order valence-corrected chi connectivity index (χ0v) is 13.5. The fraction of sp³-hybridized carbons (Fsp3) is 0.667. The van der Waals surface area contributed by atoms with Crippen LogP contribution in [0, 0.1) is 0 Å². The van der Waals surface area contributed by atoms with E-state index in [1.54, 1.807) is 16.6 Å². The van der Waals surface area contributed by atoms with E-state index in [2.05, 4.69) is 10.3 Å². The summed E-state index contributed by atoms with van der Waals surface area (Å²) in [4.78, 5) is 4.19. The highest BCUT2D eigenvalue weighted by atomic mass is 32.2. The van der Waals surface area contributed by atoms with Gasteiger partial charge in [-0.15, -0.1) is 0 Å².